The number of benzene rings is 2. The number of rotatable bonds is 5. The monoisotopic (exact) mass is 322 g/mol. The smallest absolute Gasteiger partial charge is 0.251 e. The summed E-state index contributed by atoms with van der Waals surface area (Å²) < 4.78 is 10.5. The first-order chi connectivity index (χ1) is 11.7. The van der Waals surface area contributed by atoms with Gasteiger partial charge in [0.15, 0.2) is 11.5 Å². The van der Waals surface area contributed by atoms with Crippen LogP contribution in [0, 0.1) is 0 Å². The molecule has 0 saturated carbocycles. The molecule has 0 aliphatic carbocycles. The summed E-state index contributed by atoms with van der Waals surface area (Å²) in [6.07, 6.45) is 1.74. The maximum Gasteiger partial charge on any atom is 0.251 e. The number of carbonyl (C=O) groups excluding carboxylic acids is 1. The summed E-state index contributed by atoms with van der Waals surface area (Å²) >= 11 is 0. The number of methoxy groups -OCH3 is 2. The molecule has 0 atom stereocenters. The summed E-state index contributed by atoms with van der Waals surface area (Å²) in [5.41, 5.74) is 2.41. The molecule has 122 valence electrons. The Hall–Kier alpha value is -3.08. The van der Waals surface area contributed by atoms with E-state index in [0.29, 0.717) is 23.6 Å². The van der Waals surface area contributed by atoms with Crippen molar-refractivity contribution in [3.05, 3.63) is 65.9 Å². The van der Waals surface area contributed by atoms with Gasteiger partial charge in [-0.25, -0.2) is 0 Å². The highest BCUT2D eigenvalue weighted by Crippen LogP contribution is 2.27. The molecule has 1 amide bonds. The zero-order valence-electron chi connectivity index (χ0n) is 13.6. The number of nitrogens with zero attached hydrogens (tertiary/aromatic N) is 1. The zero-order valence-corrected chi connectivity index (χ0v) is 13.6. The van der Waals surface area contributed by atoms with Gasteiger partial charge in [-0.05, 0) is 42.0 Å². The van der Waals surface area contributed by atoms with E-state index in [2.05, 4.69) is 10.3 Å². The van der Waals surface area contributed by atoms with E-state index in [4.69, 9.17) is 9.47 Å². The van der Waals surface area contributed by atoms with Gasteiger partial charge >= 0.3 is 0 Å². The molecule has 24 heavy (non-hydrogen) atoms. The van der Waals surface area contributed by atoms with Gasteiger partial charge in [0.05, 0.1) is 19.7 Å². The lowest BCUT2D eigenvalue weighted by atomic mass is 10.1. The molecular weight excluding hydrogens is 304 g/mol. The lowest BCUT2D eigenvalue weighted by Crippen LogP contribution is -2.22. The standard InChI is InChI=1S/C19H18N2O3/c1-23-17-8-5-13(10-18(17)24-2)12-21-19(22)15-6-7-16-14(11-15)4-3-9-20-16/h3-11H,12H2,1-2H3,(H,21,22). The second-order valence-corrected chi connectivity index (χ2v) is 5.28. The summed E-state index contributed by atoms with van der Waals surface area (Å²) in [6.45, 7) is 0.407. The minimum atomic E-state index is -0.129. The van der Waals surface area contributed by atoms with Crippen molar-refractivity contribution in [3.8, 4) is 11.5 Å². The second kappa shape index (κ2) is 7.00. The molecule has 5 nitrogen and oxygen atoms in total. The first-order valence-electron chi connectivity index (χ1n) is 7.55. The number of nitrogens with one attached hydrogen (secondary N) is 1. The summed E-state index contributed by atoms with van der Waals surface area (Å²) in [5, 5.41) is 3.85. The van der Waals surface area contributed by atoms with Crippen molar-refractivity contribution >= 4 is 16.8 Å². The number of aromatic nitrogens is 1. The SMILES string of the molecule is COc1ccc(CNC(=O)c2ccc3ncccc3c2)cc1OC. The second-order valence-electron chi connectivity index (χ2n) is 5.28. The molecule has 0 spiro atoms. The van der Waals surface area contributed by atoms with Crippen molar-refractivity contribution < 1.29 is 14.3 Å². The number of amides is 1. The summed E-state index contributed by atoms with van der Waals surface area (Å²) in [5.74, 6) is 1.17. The number of hydrogen-bond acceptors (Lipinski definition) is 4. The normalized spacial score (nSPS) is 10.4. The molecule has 0 unspecified atom stereocenters. The van der Waals surface area contributed by atoms with Crippen LogP contribution in [0.2, 0.25) is 0 Å². The molecule has 0 saturated heterocycles. The summed E-state index contributed by atoms with van der Waals surface area (Å²) in [7, 11) is 3.18. The quantitative estimate of drug-likeness (QED) is 0.784. The lowest BCUT2D eigenvalue weighted by Gasteiger charge is -2.10. The highest BCUT2D eigenvalue weighted by molar-refractivity contribution is 5.97. The number of ether oxygens (including phenoxy) is 2. The molecular formula is C19H18N2O3. The Morgan fingerprint density at radius 2 is 1.88 bits per heavy atom. The molecule has 2 aromatic carbocycles. The van der Waals surface area contributed by atoms with Crippen molar-refractivity contribution in [2.45, 2.75) is 6.54 Å². The fraction of sp³-hybridized carbons (Fsp3) is 0.158. The van der Waals surface area contributed by atoms with Crippen molar-refractivity contribution in [1.82, 2.24) is 10.3 Å². The summed E-state index contributed by atoms with van der Waals surface area (Å²) in [4.78, 5) is 16.6. The van der Waals surface area contributed by atoms with Crippen molar-refractivity contribution in [2.24, 2.45) is 0 Å². The number of hydrogen-bond donors (Lipinski definition) is 1. The zero-order chi connectivity index (χ0) is 16.9. The van der Waals surface area contributed by atoms with E-state index >= 15 is 0 Å². The fourth-order valence-corrected chi connectivity index (χ4v) is 2.49. The van der Waals surface area contributed by atoms with Crippen molar-refractivity contribution in [2.75, 3.05) is 14.2 Å². The first kappa shape index (κ1) is 15.8. The Balaban J connectivity index is 1.72. The number of pyridine rings is 1. The highest BCUT2D eigenvalue weighted by Gasteiger charge is 2.08. The van der Waals surface area contributed by atoms with E-state index in [1.54, 1.807) is 26.5 Å². The van der Waals surface area contributed by atoms with Crippen LogP contribution in [0.25, 0.3) is 10.9 Å². The van der Waals surface area contributed by atoms with Gasteiger partial charge in [0, 0.05) is 23.7 Å². The van der Waals surface area contributed by atoms with Crippen LogP contribution in [-0.2, 0) is 6.54 Å². The largest absolute Gasteiger partial charge is 0.493 e. The molecule has 0 aliphatic rings. The number of carbonyl (C=O) groups is 1. The molecule has 1 heterocycles. The van der Waals surface area contributed by atoms with Crippen molar-refractivity contribution in [3.63, 3.8) is 0 Å². The van der Waals surface area contributed by atoms with Crippen LogP contribution in [0.4, 0.5) is 0 Å². The molecule has 0 radical (unpaired) electrons. The molecule has 3 rings (SSSR count). The Morgan fingerprint density at radius 3 is 2.67 bits per heavy atom. The Morgan fingerprint density at radius 1 is 1.04 bits per heavy atom. The van der Waals surface area contributed by atoms with Crippen LogP contribution in [0.5, 0.6) is 11.5 Å². The Bertz CT molecular complexity index is 877. The van der Waals surface area contributed by atoms with Gasteiger partial charge in [-0.2, -0.15) is 0 Å². The van der Waals surface area contributed by atoms with Gasteiger partial charge in [0.1, 0.15) is 0 Å². The van der Waals surface area contributed by atoms with Crippen LogP contribution >= 0.6 is 0 Å². The van der Waals surface area contributed by atoms with Crippen LogP contribution in [0.15, 0.2) is 54.7 Å². The van der Waals surface area contributed by atoms with E-state index in [1.165, 1.54) is 0 Å². The third-order valence-corrected chi connectivity index (χ3v) is 3.77. The van der Waals surface area contributed by atoms with Gasteiger partial charge in [0.2, 0.25) is 0 Å². The maximum atomic E-state index is 12.4. The van der Waals surface area contributed by atoms with Crippen LogP contribution in [0.3, 0.4) is 0 Å². The van der Waals surface area contributed by atoms with Crippen molar-refractivity contribution in [1.29, 1.82) is 0 Å². The van der Waals surface area contributed by atoms with Gasteiger partial charge < -0.3 is 14.8 Å². The molecule has 0 fully saturated rings. The molecule has 5 heteroatoms. The molecule has 0 bridgehead atoms. The van der Waals surface area contributed by atoms with E-state index in [1.807, 2.05) is 42.5 Å². The minimum Gasteiger partial charge on any atom is -0.493 e. The van der Waals surface area contributed by atoms with E-state index < -0.39 is 0 Å². The Labute approximate surface area is 140 Å². The van der Waals surface area contributed by atoms with Gasteiger partial charge in [0.25, 0.3) is 5.91 Å². The average Bonchev–Trinajstić information content (AvgIpc) is 2.65. The van der Waals surface area contributed by atoms with Gasteiger partial charge in [-0.3, -0.25) is 9.78 Å². The third kappa shape index (κ3) is 3.30. The molecule has 1 aromatic heterocycles. The van der Waals surface area contributed by atoms with E-state index in [0.717, 1.165) is 16.5 Å². The van der Waals surface area contributed by atoms with E-state index in [-0.39, 0.29) is 5.91 Å². The first-order valence-corrected chi connectivity index (χ1v) is 7.55. The molecule has 0 aliphatic heterocycles. The molecule has 1 N–H and O–H groups in total. The maximum absolute atomic E-state index is 12.4. The highest BCUT2D eigenvalue weighted by atomic mass is 16.5. The van der Waals surface area contributed by atoms with E-state index in [9.17, 15) is 4.79 Å². The van der Waals surface area contributed by atoms with Crippen LogP contribution < -0.4 is 14.8 Å². The lowest BCUT2D eigenvalue weighted by molar-refractivity contribution is 0.0951. The van der Waals surface area contributed by atoms with Crippen LogP contribution in [-0.4, -0.2) is 25.1 Å². The fourth-order valence-electron chi connectivity index (χ4n) is 2.49. The van der Waals surface area contributed by atoms with Gasteiger partial charge in [-0.1, -0.05) is 12.1 Å². The average molecular weight is 322 g/mol. The van der Waals surface area contributed by atoms with Gasteiger partial charge in [-0.15, -0.1) is 0 Å². The number of fused-ring (bicyclic) bond motifs is 1. The minimum absolute atomic E-state index is 0.129. The Kier molecular flexibility index (Phi) is 4.61. The topological polar surface area (TPSA) is 60.5 Å². The third-order valence-electron chi connectivity index (χ3n) is 3.77. The molecule has 3 aromatic rings. The summed E-state index contributed by atoms with van der Waals surface area (Å²) in [6, 6.07) is 14.8. The predicted molar refractivity (Wildman–Crippen MR) is 92.5 cm³/mol. The predicted octanol–water partition coefficient (Wildman–Crippen LogP) is 3.18. The van der Waals surface area contributed by atoms with Crippen LogP contribution in [0.1, 0.15) is 15.9 Å².